The van der Waals surface area contributed by atoms with Crippen LogP contribution in [0.25, 0.3) is 11.3 Å². The Balaban J connectivity index is 1.77. The zero-order chi connectivity index (χ0) is 24.6. The molecule has 0 aliphatic carbocycles. The Morgan fingerprint density at radius 3 is 2.62 bits per heavy atom. The quantitative estimate of drug-likeness (QED) is 0.517. The number of hydrogen-bond donors (Lipinski definition) is 3. The maximum atomic E-state index is 13.7. The Morgan fingerprint density at radius 1 is 1.32 bits per heavy atom. The Morgan fingerprint density at radius 2 is 2.03 bits per heavy atom. The van der Waals surface area contributed by atoms with E-state index in [4.69, 9.17) is 14.2 Å². The minimum atomic E-state index is -1.63. The van der Waals surface area contributed by atoms with E-state index in [0.717, 1.165) is 23.2 Å². The van der Waals surface area contributed by atoms with Gasteiger partial charge >= 0.3 is 5.97 Å². The average molecular weight is 487 g/mol. The minimum Gasteiger partial charge on any atom is -0.479 e. The number of aliphatic hydroxyl groups excluding tert-OH is 2. The van der Waals surface area contributed by atoms with E-state index in [1.54, 1.807) is 0 Å². The van der Waals surface area contributed by atoms with E-state index in [9.17, 15) is 33.3 Å². The molecule has 0 amide bonds. The molecule has 3 heterocycles. The van der Waals surface area contributed by atoms with Gasteiger partial charge in [0.1, 0.15) is 30.0 Å². The Labute approximate surface area is 191 Å². The lowest BCUT2D eigenvalue weighted by Gasteiger charge is -2.52. The summed E-state index contributed by atoms with van der Waals surface area (Å²) < 4.78 is 59.6. The van der Waals surface area contributed by atoms with Gasteiger partial charge in [-0.05, 0) is 31.9 Å². The van der Waals surface area contributed by atoms with Gasteiger partial charge in [-0.2, -0.15) is 0 Å². The normalized spacial score (nSPS) is 30.4. The van der Waals surface area contributed by atoms with Crippen LogP contribution in [0.1, 0.15) is 32.2 Å². The summed E-state index contributed by atoms with van der Waals surface area (Å²) in [5.74, 6) is -7.21. The summed E-state index contributed by atoms with van der Waals surface area (Å²) in [6.45, 7) is 0.996. The van der Waals surface area contributed by atoms with E-state index in [1.807, 2.05) is 0 Å². The Hall–Kier alpha value is -2.58. The minimum absolute atomic E-state index is 0.0410. The molecule has 13 heteroatoms. The van der Waals surface area contributed by atoms with Gasteiger partial charge in [0.25, 0.3) is 0 Å². The summed E-state index contributed by atoms with van der Waals surface area (Å²) in [4.78, 5) is 11.5. The molecule has 34 heavy (non-hydrogen) atoms. The number of aromatic nitrogens is 3. The maximum Gasteiger partial charge on any atom is 0.332 e. The molecule has 0 radical (unpaired) electrons. The number of rotatable bonds is 6. The van der Waals surface area contributed by atoms with Crippen molar-refractivity contribution in [2.24, 2.45) is 0 Å². The maximum absolute atomic E-state index is 13.7. The van der Waals surface area contributed by atoms with Crippen LogP contribution in [-0.4, -0.2) is 79.7 Å². The molecule has 1 aromatic carbocycles. The first-order valence-electron chi connectivity index (χ1n) is 10.7. The molecule has 1 aromatic heterocycles. The number of aliphatic carboxylic acids is 1. The van der Waals surface area contributed by atoms with Crippen molar-refractivity contribution < 1.29 is 47.5 Å². The number of nitrogens with zero attached hydrogens (tertiary/aromatic N) is 3. The molecule has 1 spiro atoms. The highest BCUT2D eigenvalue weighted by atomic mass is 19.2. The predicted octanol–water partition coefficient (Wildman–Crippen LogP) is 1.41. The first-order valence-corrected chi connectivity index (χ1v) is 10.7. The molecule has 2 fully saturated rings. The van der Waals surface area contributed by atoms with E-state index in [-0.39, 0.29) is 17.9 Å². The van der Waals surface area contributed by atoms with Gasteiger partial charge in [-0.1, -0.05) is 5.21 Å². The first kappa shape index (κ1) is 24.5. The standard InChI is InChI=1S/C21H24F3N3O7/c1-10(20(30)31)33-19-17(18(29)15(9-28)34-21(19)4-2-3-5-32-21)27-8-14(25-26-27)11-6-12(22)16(24)13(23)7-11/h6-8,10,15,17-19,28-29H,2-5,9H2,1H3,(H,30,31)/t10-,15+,17+,18-,19+,21+/m0/s1. The van der Waals surface area contributed by atoms with Gasteiger partial charge in [0.2, 0.25) is 0 Å². The second kappa shape index (κ2) is 9.58. The summed E-state index contributed by atoms with van der Waals surface area (Å²) in [6.07, 6.45) is -2.18. The van der Waals surface area contributed by atoms with Gasteiger partial charge in [0, 0.05) is 12.0 Å². The number of aliphatic hydroxyl groups is 2. The first-order chi connectivity index (χ1) is 16.2. The molecule has 0 bridgehead atoms. The van der Waals surface area contributed by atoms with Crippen molar-refractivity contribution in [2.75, 3.05) is 13.2 Å². The van der Waals surface area contributed by atoms with Crippen molar-refractivity contribution >= 4 is 5.97 Å². The Bertz CT molecular complexity index is 1020. The monoisotopic (exact) mass is 487 g/mol. The summed E-state index contributed by atoms with van der Waals surface area (Å²) >= 11 is 0. The number of ether oxygens (including phenoxy) is 3. The SMILES string of the molecule is C[C@H](O[C@@H]1[C@H](n2cc(-c3cc(F)c(F)c(F)c3)nn2)[C@@H](O)[C@@H](CO)O[C@]12CCCCO2)C(=O)O. The van der Waals surface area contributed by atoms with E-state index >= 15 is 0 Å². The van der Waals surface area contributed by atoms with E-state index in [2.05, 4.69) is 10.3 Å². The molecular formula is C21H24F3N3O7. The van der Waals surface area contributed by atoms with Crippen LogP contribution < -0.4 is 0 Å². The third kappa shape index (κ3) is 4.41. The number of carboxylic acids is 1. The van der Waals surface area contributed by atoms with Crippen molar-refractivity contribution in [3.8, 4) is 11.3 Å². The number of halogens is 3. The highest BCUT2D eigenvalue weighted by molar-refractivity contribution is 5.71. The third-order valence-corrected chi connectivity index (χ3v) is 6.07. The molecule has 3 N–H and O–H groups in total. The summed E-state index contributed by atoms with van der Waals surface area (Å²) in [5, 5.41) is 38.0. The van der Waals surface area contributed by atoms with Gasteiger partial charge in [-0.25, -0.2) is 22.6 Å². The molecule has 186 valence electrons. The van der Waals surface area contributed by atoms with Crippen LogP contribution in [0.2, 0.25) is 0 Å². The second-order valence-electron chi connectivity index (χ2n) is 8.31. The smallest absolute Gasteiger partial charge is 0.332 e. The molecule has 6 atom stereocenters. The molecule has 10 nitrogen and oxygen atoms in total. The number of hydrogen-bond acceptors (Lipinski definition) is 8. The van der Waals surface area contributed by atoms with E-state index in [0.29, 0.717) is 12.8 Å². The zero-order valence-corrected chi connectivity index (χ0v) is 18.1. The molecule has 2 aromatic rings. The lowest BCUT2D eigenvalue weighted by molar-refractivity contribution is -0.374. The van der Waals surface area contributed by atoms with E-state index < -0.39 is 66.3 Å². The van der Waals surface area contributed by atoms with Crippen LogP contribution >= 0.6 is 0 Å². The summed E-state index contributed by atoms with van der Waals surface area (Å²) in [6, 6.07) is 0.341. The van der Waals surface area contributed by atoms with E-state index in [1.165, 1.54) is 13.1 Å². The summed E-state index contributed by atoms with van der Waals surface area (Å²) in [7, 11) is 0. The fourth-order valence-electron chi connectivity index (χ4n) is 4.32. The molecule has 4 rings (SSSR count). The van der Waals surface area contributed by atoms with Crippen LogP contribution in [0.5, 0.6) is 0 Å². The van der Waals surface area contributed by atoms with Gasteiger partial charge < -0.3 is 29.5 Å². The fourth-order valence-corrected chi connectivity index (χ4v) is 4.32. The molecule has 0 unspecified atom stereocenters. The largest absolute Gasteiger partial charge is 0.479 e. The van der Waals surface area contributed by atoms with Crippen LogP contribution in [0.3, 0.4) is 0 Å². The van der Waals surface area contributed by atoms with Crippen LogP contribution in [-0.2, 0) is 19.0 Å². The van der Waals surface area contributed by atoms with Gasteiger partial charge in [-0.15, -0.1) is 5.10 Å². The summed E-state index contributed by atoms with van der Waals surface area (Å²) in [5.41, 5.74) is -0.149. The zero-order valence-electron chi connectivity index (χ0n) is 18.1. The van der Waals surface area contributed by atoms with Crippen molar-refractivity contribution in [3.63, 3.8) is 0 Å². The highest BCUT2D eigenvalue weighted by Crippen LogP contribution is 2.44. The fraction of sp³-hybridized carbons (Fsp3) is 0.571. The van der Waals surface area contributed by atoms with Crippen LogP contribution in [0, 0.1) is 17.5 Å². The van der Waals surface area contributed by atoms with Crippen molar-refractivity contribution in [3.05, 3.63) is 35.8 Å². The number of carbonyl (C=O) groups is 1. The van der Waals surface area contributed by atoms with Crippen LogP contribution in [0.4, 0.5) is 13.2 Å². The second-order valence-corrected chi connectivity index (χ2v) is 8.31. The predicted molar refractivity (Wildman–Crippen MR) is 107 cm³/mol. The lowest BCUT2D eigenvalue weighted by Crippen LogP contribution is -2.66. The highest BCUT2D eigenvalue weighted by Gasteiger charge is 2.58. The average Bonchev–Trinajstić information content (AvgIpc) is 3.30. The molecule has 0 saturated carbocycles. The number of carboxylic acid groups (broad SMARTS) is 1. The van der Waals surface area contributed by atoms with Gasteiger partial charge in [-0.3, -0.25) is 0 Å². The Kier molecular flexibility index (Phi) is 6.92. The third-order valence-electron chi connectivity index (χ3n) is 6.07. The van der Waals surface area contributed by atoms with Crippen molar-refractivity contribution in [1.82, 2.24) is 15.0 Å². The van der Waals surface area contributed by atoms with Crippen molar-refractivity contribution in [2.45, 2.75) is 62.4 Å². The van der Waals surface area contributed by atoms with Gasteiger partial charge in [0.15, 0.2) is 29.3 Å². The van der Waals surface area contributed by atoms with Crippen LogP contribution in [0.15, 0.2) is 18.3 Å². The lowest BCUT2D eigenvalue weighted by atomic mass is 9.86. The van der Waals surface area contributed by atoms with Crippen molar-refractivity contribution in [1.29, 1.82) is 0 Å². The molecular weight excluding hydrogens is 463 g/mol. The number of benzene rings is 1. The molecule has 2 saturated heterocycles. The molecule has 2 aliphatic heterocycles. The van der Waals surface area contributed by atoms with Gasteiger partial charge in [0.05, 0.1) is 19.4 Å². The topological polar surface area (TPSA) is 136 Å². The molecule has 2 aliphatic rings.